The monoisotopic (exact) mass is 374 g/mol. The quantitative estimate of drug-likeness (QED) is 0.516. The number of ether oxygens (including phenoxy) is 1. The third-order valence-electron chi connectivity index (χ3n) is 6.64. The van der Waals surface area contributed by atoms with Gasteiger partial charge in [-0.15, -0.1) is 0 Å². The van der Waals surface area contributed by atoms with Gasteiger partial charge in [0.05, 0.1) is 23.9 Å². The second kappa shape index (κ2) is 8.50. The molecule has 2 fully saturated rings. The summed E-state index contributed by atoms with van der Waals surface area (Å²) in [6.45, 7) is 9.48. The molecule has 2 aliphatic heterocycles. The molecule has 1 unspecified atom stereocenters. The van der Waals surface area contributed by atoms with Crippen molar-refractivity contribution in [2.75, 3.05) is 6.61 Å². The zero-order valence-electron chi connectivity index (χ0n) is 17.4. The number of hydrogen-bond acceptors (Lipinski definition) is 5. The summed E-state index contributed by atoms with van der Waals surface area (Å²) in [5.41, 5.74) is 7.48. The van der Waals surface area contributed by atoms with E-state index in [-0.39, 0.29) is 24.4 Å². The molecule has 2 heterocycles. The van der Waals surface area contributed by atoms with E-state index in [4.69, 9.17) is 19.8 Å². The molecule has 0 spiro atoms. The number of aliphatic imine (C=N–C) groups is 1. The van der Waals surface area contributed by atoms with Gasteiger partial charge >= 0.3 is 7.12 Å². The molecule has 1 atom stereocenters. The fourth-order valence-corrected chi connectivity index (χ4v) is 4.57. The van der Waals surface area contributed by atoms with Gasteiger partial charge in [-0.25, -0.2) is 0 Å². The lowest BCUT2D eigenvalue weighted by atomic mass is 9.74. The smallest absolute Gasteiger partial charge is 0.404 e. The van der Waals surface area contributed by atoms with Gasteiger partial charge in [0.25, 0.3) is 0 Å². The molecule has 150 valence electrons. The Labute approximate surface area is 164 Å². The molecule has 0 aromatic heterocycles. The van der Waals surface area contributed by atoms with E-state index in [1.54, 1.807) is 6.20 Å². The minimum Gasteiger partial charge on any atom is -0.404 e. The van der Waals surface area contributed by atoms with E-state index < -0.39 is 0 Å². The third-order valence-corrected chi connectivity index (χ3v) is 6.64. The summed E-state index contributed by atoms with van der Waals surface area (Å²) in [5, 5.41) is 0. The normalized spacial score (nSPS) is 28.0. The van der Waals surface area contributed by atoms with Crippen molar-refractivity contribution in [2.24, 2.45) is 10.7 Å². The summed E-state index contributed by atoms with van der Waals surface area (Å²) in [6.07, 6.45) is 12.4. The van der Waals surface area contributed by atoms with Gasteiger partial charge in [-0.1, -0.05) is 33.8 Å². The van der Waals surface area contributed by atoms with E-state index in [1.165, 1.54) is 18.3 Å². The molecule has 0 radical (unpaired) electrons. The van der Waals surface area contributed by atoms with Crippen LogP contribution >= 0.6 is 0 Å². The maximum Gasteiger partial charge on any atom is 0.490 e. The van der Waals surface area contributed by atoms with Gasteiger partial charge in [0.1, 0.15) is 6.10 Å². The second-order valence-corrected chi connectivity index (χ2v) is 7.93. The van der Waals surface area contributed by atoms with Crippen LogP contribution < -0.4 is 5.73 Å². The van der Waals surface area contributed by atoms with Crippen LogP contribution in [0.2, 0.25) is 0 Å². The van der Waals surface area contributed by atoms with Crippen molar-refractivity contribution in [1.82, 2.24) is 0 Å². The van der Waals surface area contributed by atoms with Crippen LogP contribution in [0.15, 0.2) is 28.3 Å². The maximum atomic E-state index is 6.62. The number of rotatable bonds is 8. The standard InChI is InChI=1S/C21H35BN2O3/c1-5-20(6-2)21(7-3,8-4)27-22(26-20)17-11-12-25-19(13-17)16(14-23)15-24-18-9-10-18/h13-15,18-19H,5-12,23H2,1-4H3/b16-14+,24-15?. The highest BCUT2D eigenvalue weighted by Crippen LogP contribution is 2.48. The minimum absolute atomic E-state index is 0.177. The molecule has 0 bridgehead atoms. The van der Waals surface area contributed by atoms with Crippen LogP contribution in [0, 0.1) is 0 Å². The summed E-state index contributed by atoms with van der Waals surface area (Å²) < 4.78 is 19.2. The first kappa shape index (κ1) is 20.6. The molecule has 1 saturated carbocycles. The molecule has 3 aliphatic rings. The molecule has 0 aromatic carbocycles. The van der Waals surface area contributed by atoms with Crippen LogP contribution in [0.1, 0.15) is 72.6 Å². The molecule has 2 N–H and O–H groups in total. The van der Waals surface area contributed by atoms with Crippen molar-refractivity contribution < 1.29 is 14.0 Å². The van der Waals surface area contributed by atoms with Crippen LogP contribution in [0.25, 0.3) is 0 Å². The Morgan fingerprint density at radius 2 is 1.74 bits per heavy atom. The van der Waals surface area contributed by atoms with E-state index in [1.807, 2.05) is 6.21 Å². The van der Waals surface area contributed by atoms with Crippen molar-refractivity contribution in [3.8, 4) is 0 Å². The molecule has 27 heavy (non-hydrogen) atoms. The van der Waals surface area contributed by atoms with E-state index in [0.717, 1.165) is 37.7 Å². The first-order valence-corrected chi connectivity index (χ1v) is 10.7. The Balaban J connectivity index is 1.81. The predicted molar refractivity (Wildman–Crippen MR) is 111 cm³/mol. The van der Waals surface area contributed by atoms with Gasteiger partial charge < -0.3 is 19.8 Å². The SMILES string of the molecule is CCC1(CC)OB(C2=CC(/C(C=NC3CC3)=C/N)OCC2)OC1(CC)CC. The lowest BCUT2D eigenvalue weighted by molar-refractivity contribution is -0.0601. The second-order valence-electron chi connectivity index (χ2n) is 7.93. The Hall–Kier alpha value is -1.11. The zero-order valence-corrected chi connectivity index (χ0v) is 17.4. The molecule has 1 saturated heterocycles. The molecule has 5 nitrogen and oxygen atoms in total. The molecular weight excluding hydrogens is 339 g/mol. The van der Waals surface area contributed by atoms with E-state index in [0.29, 0.717) is 12.6 Å². The Morgan fingerprint density at radius 3 is 2.22 bits per heavy atom. The largest absolute Gasteiger partial charge is 0.490 e. The first-order chi connectivity index (χ1) is 13.1. The van der Waals surface area contributed by atoms with Crippen molar-refractivity contribution in [3.63, 3.8) is 0 Å². The first-order valence-electron chi connectivity index (χ1n) is 10.7. The molecular formula is C21H35BN2O3. The van der Waals surface area contributed by atoms with Gasteiger partial charge in [-0.05, 0) is 50.4 Å². The Bertz CT molecular complexity index is 585. The van der Waals surface area contributed by atoms with Crippen molar-refractivity contribution in [2.45, 2.75) is 96.0 Å². The van der Waals surface area contributed by atoms with Crippen LogP contribution in [0.5, 0.6) is 0 Å². The van der Waals surface area contributed by atoms with Crippen molar-refractivity contribution in [1.29, 1.82) is 0 Å². The van der Waals surface area contributed by atoms with E-state index in [2.05, 4.69) is 38.8 Å². The number of hydrogen-bond donors (Lipinski definition) is 1. The highest BCUT2D eigenvalue weighted by Gasteiger charge is 2.59. The van der Waals surface area contributed by atoms with Crippen LogP contribution in [-0.4, -0.2) is 43.3 Å². The van der Waals surface area contributed by atoms with Crippen molar-refractivity contribution >= 4 is 13.3 Å². The average Bonchev–Trinajstić information content (AvgIpc) is 3.48. The molecule has 0 aromatic rings. The molecule has 1 aliphatic carbocycles. The maximum absolute atomic E-state index is 6.62. The topological polar surface area (TPSA) is 66.1 Å². The van der Waals surface area contributed by atoms with Crippen LogP contribution in [0.4, 0.5) is 0 Å². The summed E-state index contributed by atoms with van der Waals surface area (Å²) in [6, 6.07) is 0.470. The van der Waals surface area contributed by atoms with Gasteiger partial charge in [-0.2, -0.15) is 0 Å². The minimum atomic E-state index is -0.296. The Kier molecular flexibility index (Phi) is 6.49. The van der Waals surface area contributed by atoms with Gasteiger partial charge in [0, 0.05) is 18.0 Å². The zero-order chi connectivity index (χ0) is 19.5. The van der Waals surface area contributed by atoms with Gasteiger partial charge in [0.2, 0.25) is 0 Å². The van der Waals surface area contributed by atoms with E-state index in [9.17, 15) is 0 Å². The van der Waals surface area contributed by atoms with Crippen molar-refractivity contribution in [3.05, 3.63) is 23.3 Å². The fourth-order valence-electron chi connectivity index (χ4n) is 4.57. The number of nitrogens with zero attached hydrogens (tertiary/aromatic N) is 1. The molecule has 0 amide bonds. The number of nitrogens with two attached hydrogens (primary N) is 1. The highest BCUT2D eigenvalue weighted by molar-refractivity contribution is 6.54. The average molecular weight is 374 g/mol. The lowest BCUT2D eigenvalue weighted by Crippen LogP contribution is -2.50. The van der Waals surface area contributed by atoms with Crippen LogP contribution in [-0.2, 0) is 14.0 Å². The summed E-state index contributed by atoms with van der Waals surface area (Å²) >= 11 is 0. The summed E-state index contributed by atoms with van der Waals surface area (Å²) in [5.74, 6) is 0. The van der Waals surface area contributed by atoms with Crippen LogP contribution in [0.3, 0.4) is 0 Å². The molecule has 3 rings (SSSR count). The summed E-state index contributed by atoms with van der Waals surface area (Å²) in [7, 11) is -0.296. The third kappa shape index (κ3) is 3.89. The van der Waals surface area contributed by atoms with E-state index >= 15 is 0 Å². The Morgan fingerprint density at radius 1 is 1.15 bits per heavy atom. The fraction of sp³-hybridized carbons (Fsp3) is 0.762. The highest BCUT2D eigenvalue weighted by atomic mass is 16.7. The van der Waals surface area contributed by atoms with Gasteiger partial charge in [-0.3, -0.25) is 4.99 Å². The lowest BCUT2D eigenvalue weighted by Gasteiger charge is -2.42. The molecule has 6 heteroatoms. The summed E-state index contributed by atoms with van der Waals surface area (Å²) in [4.78, 5) is 4.56. The predicted octanol–water partition coefficient (Wildman–Crippen LogP) is 3.97. The van der Waals surface area contributed by atoms with Gasteiger partial charge in [0.15, 0.2) is 0 Å².